The predicted molar refractivity (Wildman–Crippen MR) is 167 cm³/mol. The fourth-order valence-corrected chi connectivity index (χ4v) is 4.04. The SMILES string of the molecule is Nc1cc(Cl)cnc1OC1CCC1.O=[N+]([O-])c1cc(Cl)cnc1Cl.O=[N+]([O-])c1cc(Cl)cnc1OC1CCC1.OC1CCC1. The first kappa shape index (κ1) is 35.3. The summed E-state index contributed by atoms with van der Waals surface area (Å²) in [6.45, 7) is 0. The number of halogens is 4. The average molecular weight is 692 g/mol. The average Bonchev–Trinajstić information content (AvgIpc) is 2.91. The molecule has 0 saturated heterocycles. The van der Waals surface area contributed by atoms with E-state index in [2.05, 4.69) is 15.0 Å². The maximum Gasteiger partial charge on any atom is 0.332 e. The second-order valence-electron chi connectivity index (χ2n) is 9.93. The standard InChI is InChI=1S/C9H9ClN2O3.C9H11ClN2O.C5H2Cl2N2O2.C4H8O/c10-6-4-8(12(13)14)9(11-5-6)15-7-2-1-3-7;10-6-4-8(11)9(12-5-6)13-7-2-1-3-7;6-3-1-4(9(10)11)5(7)8-2-3;5-4-2-1-3-4/h4-5,7H,1-3H2;4-5,7H,1-3,11H2;1-2H;4-5H,1-3H2. The zero-order valence-electron chi connectivity index (χ0n) is 23.3. The molecule has 44 heavy (non-hydrogen) atoms. The molecule has 0 radical (unpaired) electrons. The molecule has 3 fully saturated rings. The summed E-state index contributed by atoms with van der Waals surface area (Å²) in [6.07, 6.45) is 14.3. The zero-order valence-corrected chi connectivity index (χ0v) is 26.3. The summed E-state index contributed by atoms with van der Waals surface area (Å²) >= 11 is 22.1. The van der Waals surface area contributed by atoms with Crippen LogP contribution in [-0.2, 0) is 0 Å². The normalized spacial score (nSPS) is 15.7. The molecule has 13 nitrogen and oxygen atoms in total. The highest BCUT2D eigenvalue weighted by molar-refractivity contribution is 6.33. The number of rotatable bonds is 6. The van der Waals surface area contributed by atoms with Gasteiger partial charge in [0.05, 0.1) is 42.9 Å². The van der Waals surface area contributed by atoms with Crippen molar-refractivity contribution in [2.75, 3.05) is 5.73 Å². The Bertz CT molecular complexity index is 1430. The van der Waals surface area contributed by atoms with Crippen molar-refractivity contribution in [1.29, 1.82) is 0 Å². The summed E-state index contributed by atoms with van der Waals surface area (Å²) in [5, 5.41) is 30.2. The van der Waals surface area contributed by atoms with Crippen LogP contribution in [0.5, 0.6) is 11.8 Å². The number of nitrogens with zero attached hydrogens (tertiary/aromatic N) is 5. The number of nitrogens with two attached hydrogens (primary N) is 1. The molecule has 6 rings (SSSR count). The first-order valence-corrected chi connectivity index (χ1v) is 15.1. The minimum Gasteiger partial charge on any atom is -0.473 e. The van der Waals surface area contributed by atoms with Gasteiger partial charge in [0, 0.05) is 24.5 Å². The number of nitrogen functional groups attached to an aromatic ring is 1. The molecule has 0 atom stereocenters. The van der Waals surface area contributed by atoms with E-state index in [0.717, 1.165) is 51.0 Å². The van der Waals surface area contributed by atoms with Crippen molar-refractivity contribution < 1.29 is 24.4 Å². The number of hydrogen-bond donors (Lipinski definition) is 2. The monoisotopic (exact) mass is 690 g/mol. The van der Waals surface area contributed by atoms with E-state index in [1.165, 1.54) is 31.3 Å². The van der Waals surface area contributed by atoms with Crippen LogP contribution in [0.2, 0.25) is 20.2 Å². The van der Waals surface area contributed by atoms with E-state index in [4.69, 9.17) is 66.7 Å². The number of pyridine rings is 3. The van der Waals surface area contributed by atoms with Gasteiger partial charge in [0.2, 0.25) is 11.0 Å². The van der Waals surface area contributed by atoms with Crippen LogP contribution >= 0.6 is 46.4 Å². The van der Waals surface area contributed by atoms with Gasteiger partial charge in [-0.3, -0.25) is 20.2 Å². The first-order chi connectivity index (χ1) is 20.9. The van der Waals surface area contributed by atoms with E-state index < -0.39 is 9.85 Å². The molecular formula is C27H30Cl4N6O7. The van der Waals surface area contributed by atoms with Crippen molar-refractivity contribution in [3.63, 3.8) is 0 Å². The molecule has 0 aliphatic heterocycles. The number of anilines is 1. The topological polar surface area (TPSA) is 190 Å². The summed E-state index contributed by atoms with van der Waals surface area (Å²) in [7, 11) is 0. The van der Waals surface area contributed by atoms with Crippen LogP contribution in [0.4, 0.5) is 17.1 Å². The Kier molecular flexibility index (Phi) is 13.9. The maximum atomic E-state index is 10.7. The lowest BCUT2D eigenvalue weighted by Crippen LogP contribution is -2.25. The van der Waals surface area contributed by atoms with Crippen molar-refractivity contribution in [2.24, 2.45) is 0 Å². The van der Waals surface area contributed by atoms with Gasteiger partial charge in [-0.1, -0.05) is 46.4 Å². The van der Waals surface area contributed by atoms with E-state index in [9.17, 15) is 20.2 Å². The molecule has 3 aromatic rings. The van der Waals surface area contributed by atoms with Crippen LogP contribution in [0.15, 0.2) is 36.8 Å². The molecule has 238 valence electrons. The molecule has 0 spiro atoms. The van der Waals surface area contributed by atoms with Crippen molar-refractivity contribution in [2.45, 2.75) is 76.1 Å². The lowest BCUT2D eigenvalue weighted by atomic mass is 9.96. The molecule has 0 aromatic carbocycles. The third-order valence-electron chi connectivity index (χ3n) is 6.56. The number of ether oxygens (including phenoxy) is 2. The first-order valence-electron chi connectivity index (χ1n) is 13.6. The number of aliphatic hydroxyl groups excluding tert-OH is 1. The number of nitro groups is 2. The van der Waals surface area contributed by atoms with E-state index >= 15 is 0 Å². The number of aliphatic hydroxyl groups is 1. The van der Waals surface area contributed by atoms with E-state index in [1.54, 1.807) is 12.3 Å². The quantitative estimate of drug-likeness (QED) is 0.147. The lowest BCUT2D eigenvalue weighted by molar-refractivity contribution is -0.386. The number of aromatic nitrogens is 3. The van der Waals surface area contributed by atoms with Gasteiger partial charge in [-0.15, -0.1) is 0 Å². The summed E-state index contributed by atoms with van der Waals surface area (Å²) in [5.41, 5.74) is 5.74. The minimum absolute atomic E-state index is 0.0640. The van der Waals surface area contributed by atoms with E-state index in [0.29, 0.717) is 22.7 Å². The van der Waals surface area contributed by atoms with Gasteiger partial charge in [-0.05, 0) is 63.9 Å². The molecule has 3 saturated carbocycles. The molecule has 3 N–H and O–H groups in total. The lowest BCUT2D eigenvalue weighted by Gasteiger charge is -2.26. The Morgan fingerprint density at radius 1 is 0.705 bits per heavy atom. The molecule has 3 heterocycles. The highest BCUT2D eigenvalue weighted by Gasteiger charge is 2.25. The summed E-state index contributed by atoms with van der Waals surface area (Å²) < 4.78 is 10.9. The van der Waals surface area contributed by atoms with Gasteiger partial charge in [-0.25, -0.2) is 15.0 Å². The molecule has 17 heteroatoms. The van der Waals surface area contributed by atoms with Crippen LogP contribution in [-0.4, -0.2) is 48.2 Å². The highest BCUT2D eigenvalue weighted by atomic mass is 35.5. The summed E-state index contributed by atoms with van der Waals surface area (Å²) in [4.78, 5) is 31.1. The van der Waals surface area contributed by atoms with Crippen molar-refractivity contribution in [1.82, 2.24) is 15.0 Å². The summed E-state index contributed by atoms with van der Waals surface area (Å²) in [5.74, 6) is 0.572. The largest absolute Gasteiger partial charge is 0.473 e. The number of hydrogen-bond acceptors (Lipinski definition) is 11. The van der Waals surface area contributed by atoms with Gasteiger partial charge in [-0.2, -0.15) is 0 Å². The van der Waals surface area contributed by atoms with Gasteiger partial charge in [0.25, 0.3) is 5.88 Å². The second kappa shape index (κ2) is 17.3. The Morgan fingerprint density at radius 3 is 1.50 bits per heavy atom. The smallest absolute Gasteiger partial charge is 0.332 e. The van der Waals surface area contributed by atoms with Crippen molar-refractivity contribution in [3.8, 4) is 11.8 Å². The molecular weight excluding hydrogens is 662 g/mol. The van der Waals surface area contributed by atoms with Gasteiger partial charge in [0.15, 0.2) is 0 Å². The van der Waals surface area contributed by atoms with Gasteiger partial charge < -0.3 is 20.3 Å². The third-order valence-corrected chi connectivity index (χ3v) is 7.47. The van der Waals surface area contributed by atoms with Crippen LogP contribution in [0.25, 0.3) is 0 Å². The Labute approximate surface area is 272 Å². The van der Waals surface area contributed by atoms with Crippen LogP contribution in [0.1, 0.15) is 57.8 Å². The third kappa shape index (κ3) is 11.4. The Balaban J connectivity index is 0.000000168. The van der Waals surface area contributed by atoms with Crippen molar-refractivity contribution >= 4 is 63.5 Å². The molecule has 3 aromatic heterocycles. The van der Waals surface area contributed by atoms with Gasteiger partial charge in [0.1, 0.15) is 12.2 Å². The van der Waals surface area contributed by atoms with Gasteiger partial charge >= 0.3 is 11.4 Å². The fraction of sp³-hybridized carbons (Fsp3) is 0.444. The molecule has 0 bridgehead atoms. The summed E-state index contributed by atoms with van der Waals surface area (Å²) in [6, 6.07) is 4.06. The van der Waals surface area contributed by atoms with Crippen LogP contribution in [0.3, 0.4) is 0 Å². The van der Waals surface area contributed by atoms with E-state index in [1.807, 2.05) is 0 Å². The Hall–Kier alpha value is -3.23. The minimum atomic E-state index is -0.638. The van der Waals surface area contributed by atoms with Crippen LogP contribution in [0, 0.1) is 20.2 Å². The predicted octanol–water partition coefficient (Wildman–Crippen LogP) is 7.65. The van der Waals surface area contributed by atoms with Crippen molar-refractivity contribution in [3.05, 3.63) is 77.2 Å². The molecule has 3 aliphatic carbocycles. The second-order valence-corrected chi connectivity index (χ2v) is 11.6. The Morgan fingerprint density at radius 2 is 1.11 bits per heavy atom. The fourth-order valence-electron chi connectivity index (χ4n) is 3.40. The maximum absolute atomic E-state index is 10.7. The van der Waals surface area contributed by atoms with E-state index in [-0.39, 0.29) is 44.7 Å². The highest BCUT2D eigenvalue weighted by Crippen LogP contribution is 2.32. The van der Waals surface area contributed by atoms with Crippen LogP contribution < -0.4 is 15.2 Å². The molecule has 0 unspecified atom stereocenters. The zero-order chi connectivity index (χ0) is 32.2. The molecule has 3 aliphatic rings. The molecule has 0 amide bonds.